The predicted molar refractivity (Wildman–Crippen MR) is 107 cm³/mol. The summed E-state index contributed by atoms with van der Waals surface area (Å²) in [7, 11) is 0.981. The van der Waals surface area contributed by atoms with Gasteiger partial charge in [-0.15, -0.1) is 0 Å². The molecule has 1 saturated heterocycles. The molecule has 3 heterocycles. The maximum Gasteiger partial charge on any atom is 0.493 e. The predicted octanol–water partition coefficient (Wildman–Crippen LogP) is 3.40. The molecule has 0 radical (unpaired) electrons. The molecular formula is C21H27BO7. The number of rotatable bonds is 3. The van der Waals surface area contributed by atoms with Crippen molar-refractivity contribution in [3.05, 3.63) is 28.7 Å². The third kappa shape index (κ3) is 3.23. The highest BCUT2D eigenvalue weighted by molar-refractivity contribution is 6.56. The first kappa shape index (κ1) is 20.3. The van der Waals surface area contributed by atoms with E-state index in [2.05, 4.69) is 0 Å². The van der Waals surface area contributed by atoms with Gasteiger partial charge in [0.1, 0.15) is 17.1 Å². The number of fused-ring (bicyclic) bond motifs is 1. The third-order valence-corrected chi connectivity index (χ3v) is 5.98. The molecular weight excluding hydrogens is 375 g/mol. The van der Waals surface area contributed by atoms with E-state index in [0.29, 0.717) is 24.7 Å². The molecule has 0 bridgehead atoms. The molecule has 3 aliphatic heterocycles. The zero-order valence-electron chi connectivity index (χ0n) is 18.0. The average Bonchev–Trinajstić information content (AvgIpc) is 3.15. The van der Waals surface area contributed by atoms with Gasteiger partial charge in [-0.1, -0.05) is 0 Å². The number of carbonyl (C=O) groups is 1. The Morgan fingerprint density at radius 2 is 1.62 bits per heavy atom. The van der Waals surface area contributed by atoms with Gasteiger partial charge in [0.15, 0.2) is 0 Å². The summed E-state index contributed by atoms with van der Waals surface area (Å²) in [5, 5.41) is 0. The van der Waals surface area contributed by atoms with Crippen LogP contribution in [0.4, 0.5) is 0 Å². The van der Waals surface area contributed by atoms with Gasteiger partial charge < -0.3 is 28.3 Å². The van der Waals surface area contributed by atoms with Gasteiger partial charge in [0.2, 0.25) is 5.79 Å². The maximum atomic E-state index is 12.7. The lowest BCUT2D eigenvalue weighted by atomic mass is 9.75. The smallest absolute Gasteiger partial charge is 0.493 e. The zero-order chi connectivity index (χ0) is 21.2. The quantitative estimate of drug-likeness (QED) is 0.567. The van der Waals surface area contributed by atoms with Crippen LogP contribution in [-0.4, -0.2) is 50.4 Å². The molecule has 0 N–H and O–H groups in total. The molecule has 0 unspecified atom stereocenters. The first-order chi connectivity index (χ1) is 13.5. The van der Waals surface area contributed by atoms with Crippen LogP contribution < -0.4 is 9.47 Å². The number of ether oxygens (including phenoxy) is 4. The first-order valence-corrected chi connectivity index (χ1v) is 9.75. The highest BCUT2D eigenvalue weighted by Crippen LogP contribution is 2.46. The molecule has 8 heteroatoms. The second-order valence-electron chi connectivity index (χ2n) is 9.00. The molecule has 1 aromatic carbocycles. The van der Waals surface area contributed by atoms with E-state index in [1.54, 1.807) is 19.9 Å². The van der Waals surface area contributed by atoms with E-state index in [-0.39, 0.29) is 5.56 Å². The van der Waals surface area contributed by atoms with Gasteiger partial charge in [-0.3, -0.25) is 0 Å². The van der Waals surface area contributed by atoms with Crippen molar-refractivity contribution in [3.8, 4) is 11.5 Å². The van der Waals surface area contributed by atoms with Crippen molar-refractivity contribution < 1.29 is 33.1 Å². The standard InChI is InChI=1S/C21H27BO7/c1-19(2)20(3,4)29-22(28-19)14-11-25-10-13(14)12-8-9-15(24-7)16-17(12)26-21(5,6)27-18(16)23/h8-9H,10-11H2,1-7H3. The molecule has 3 aliphatic rings. The van der Waals surface area contributed by atoms with E-state index in [4.69, 9.17) is 28.3 Å². The van der Waals surface area contributed by atoms with Gasteiger partial charge in [0.25, 0.3) is 0 Å². The molecule has 156 valence electrons. The van der Waals surface area contributed by atoms with Crippen LogP contribution in [0.2, 0.25) is 0 Å². The number of carbonyl (C=O) groups excluding carboxylic acids is 1. The van der Waals surface area contributed by atoms with Gasteiger partial charge in [-0.05, 0) is 50.9 Å². The lowest BCUT2D eigenvalue weighted by molar-refractivity contribution is -0.127. The van der Waals surface area contributed by atoms with Crippen molar-refractivity contribution in [1.29, 1.82) is 0 Å². The van der Waals surface area contributed by atoms with Crippen LogP contribution in [0.3, 0.4) is 0 Å². The third-order valence-electron chi connectivity index (χ3n) is 5.98. The maximum absolute atomic E-state index is 12.7. The summed E-state index contributed by atoms with van der Waals surface area (Å²) in [5.74, 6) is -0.733. The summed E-state index contributed by atoms with van der Waals surface area (Å²) >= 11 is 0. The molecule has 1 aromatic rings. The van der Waals surface area contributed by atoms with E-state index in [1.165, 1.54) is 7.11 Å². The normalized spacial score (nSPS) is 24.2. The Balaban J connectivity index is 1.84. The van der Waals surface area contributed by atoms with Crippen molar-refractivity contribution in [2.45, 2.75) is 58.5 Å². The number of methoxy groups -OCH3 is 1. The van der Waals surface area contributed by atoms with Crippen molar-refractivity contribution >= 4 is 18.7 Å². The van der Waals surface area contributed by atoms with Gasteiger partial charge in [0, 0.05) is 19.4 Å². The number of esters is 1. The second-order valence-corrected chi connectivity index (χ2v) is 9.00. The number of hydrogen-bond donors (Lipinski definition) is 0. The lowest BCUT2D eigenvalue weighted by Crippen LogP contribution is -2.41. The second kappa shape index (κ2) is 6.49. The van der Waals surface area contributed by atoms with Gasteiger partial charge in [-0.25, -0.2) is 4.79 Å². The van der Waals surface area contributed by atoms with E-state index in [9.17, 15) is 4.79 Å². The Labute approximate surface area is 171 Å². The fourth-order valence-electron chi connectivity index (χ4n) is 3.70. The minimum atomic E-state index is -1.09. The highest BCUT2D eigenvalue weighted by Gasteiger charge is 2.53. The van der Waals surface area contributed by atoms with Crippen LogP contribution in [-0.2, 0) is 18.8 Å². The Hall–Kier alpha value is -2.03. The average molecular weight is 402 g/mol. The largest absolute Gasteiger partial charge is 0.496 e. The van der Waals surface area contributed by atoms with Crippen molar-refractivity contribution in [2.24, 2.45) is 0 Å². The van der Waals surface area contributed by atoms with Crippen molar-refractivity contribution in [3.63, 3.8) is 0 Å². The van der Waals surface area contributed by atoms with E-state index in [1.807, 2.05) is 33.8 Å². The van der Waals surface area contributed by atoms with Gasteiger partial charge in [0.05, 0.1) is 31.5 Å². The van der Waals surface area contributed by atoms with Crippen LogP contribution in [0, 0.1) is 0 Å². The summed E-state index contributed by atoms with van der Waals surface area (Å²) in [4.78, 5) is 12.7. The molecule has 0 saturated carbocycles. The van der Waals surface area contributed by atoms with Gasteiger partial charge >= 0.3 is 13.1 Å². The summed E-state index contributed by atoms with van der Waals surface area (Å²) in [6, 6.07) is 3.62. The van der Waals surface area contributed by atoms with Gasteiger partial charge in [-0.2, -0.15) is 0 Å². The van der Waals surface area contributed by atoms with Crippen LogP contribution in [0.1, 0.15) is 57.5 Å². The van der Waals surface area contributed by atoms with Crippen LogP contribution in [0.15, 0.2) is 17.6 Å². The minimum Gasteiger partial charge on any atom is -0.496 e. The topological polar surface area (TPSA) is 72.5 Å². The number of cyclic esters (lactones) is 1. The molecule has 0 aromatic heterocycles. The molecule has 7 nitrogen and oxygen atoms in total. The summed E-state index contributed by atoms with van der Waals surface area (Å²) in [5.41, 5.74) is 1.91. The fourth-order valence-corrected chi connectivity index (χ4v) is 3.70. The number of benzene rings is 1. The SMILES string of the molecule is COc1ccc(C2=C(B3OC(C)(C)C(C)(C)O3)COC2)c2c1C(=O)OC(C)(C)O2. The molecule has 0 atom stereocenters. The Kier molecular flexibility index (Phi) is 4.53. The molecule has 0 aliphatic carbocycles. The lowest BCUT2D eigenvalue weighted by Gasteiger charge is -2.33. The van der Waals surface area contributed by atoms with Crippen LogP contribution in [0.5, 0.6) is 11.5 Å². The van der Waals surface area contributed by atoms with Crippen molar-refractivity contribution in [1.82, 2.24) is 0 Å². The fraction of sp³-hybridized carbons (Fsp3) is 0.571. The molecule has 4 rings (SSSR count). The molecule has 29 heavy (non-hydrogen) atoms. The van der Waals surface area contributed by atoms with Crippen molar-refractivity contribution in [2.75, 3.05) is 20.3 Å². The Morgan fingerprint density at radius 1 is 0.966 bits per heavy atom. The van der Waals surface area contributed by atoms with Crippen LogP contribution in [0.25, 0.3) is 5.57 Å². The zero-order valence-corrected chi connectivity index (χ0v) is 18.0. The van der Waals surface area contributed by atoms with E-state index >= 15 is 0 Å². The summed E-state index contributed by atoms with van der Waals surface area (Å²) < 4.78 is 35.1. The Morgan fingerprint density at radius 3 is 2.24 bits per heavy atom. The first-order valence-electron chi connectivity index (χ1n) is 9.75. The Bertz CT molecular complexity index is 885. The van der Waals surface area contributed by atoms with Crippen LogP contribution >= 0.6 is 0 Å². The van der Waals surface area contributed by atoms with E-state index in [0.717, 1.165) is 16.6 Å². The molecule has 0 amide bonds. The number of hydrogen-bond acceptors (Lipinski definition) is 7. The van der Waals surface area contributed by atoms with E-state index < -0.39 is 30.1 Å². The summed E-state index contributed by atoms with van der Waals surface area (Å²) in [6.07, 6.45) is 0. The molecule has 1 fully saturated rings. The molecule has 0 spiro atoms. The monoisotopic (exact) mass is 402 g/mol. The minimum absolute atomic E-state index is 0.275. The highest BCUT2D eigenvalue weighted by atomic mass is 16.7. The summed E-state index contributed by atoms with van der Waals surface area (Å²) in [6.45, 7) is 12.2.